The maximum atomic E-state index is 11.7. The van der Waals surface area contributed by atoms with E-state index in [9.17, 15) is 4.79 Å². The maximum absolute atomic E-state index is 11.7. The molecule has 1 fully saturated rings. The summed E-state index contributed by atoms with van der Waals surface area (Å²) in [6.07, 6.45) is 11.3. The van der Waals surface area contributed by atoms with Crippen LogP contribution in [0.15, 0.2) is 0 Å². The van der Waals surface area contributed by atoms with Gasteiger partial charge in [-0.25, -0.2) is 0 Å². The lowest BCUT2D eigenvalue weighted by Crippen LogP contribution is -2.17. The van der Waals surface area contributed by atoms with Gasteiger partial charge in [0.2, 0.25) is 0 Å². The Hall–Kier alpha value is -0.570. The van der Waals surface area contributed by atoms with Crippen LogP contribution in [0.4, 0.5) is 0 Å². The van der Waals surface area contributed by atoms with Crippen molar-refractivity contribution in [1.29, 1.82) is 0 Å². The Kier molecular flexibility index (Phi) is 8.89. The van der Waals surface area contributed by atoms with Crippen molar-refractivity contribution in [3.05, 3.63) is 0 Å². The van der Waals surface area contributed by atoms with Crippen LogP contribution < -0.4 is 5.73 Å². The van der Waals surface area contributed by atoms with Crippen LogP contribution in [0.2, 0.25) is 0 Å². The van der Waals surface area contributed by atoms with Crippen LogP contribution >= 0.6 is 0 Å². The molecular formula is C16H31NO2. The lowest BCUT2D eigenvalue weighted by Gasteiger charge is -2.21. The summed E-state index contributed by atoms with van der Waals surface area (Å²) in [7, 11) is 0. The molecule has 1 atom stereocenters. The van der Waals surface area contributed by atoms with Gasteiger partial charge in [0.25, 0.3) is 0 Å². The number of hydrogen-bond acceptors (Lipinski definition) is 3. The van der Waals surface area contributed by atoms with Crippen molar-refractivity contribution in [2.75, 3.05) is 13.2 Å². The predicted octanol–water partition coefficient (Wildman–Crippen LogP) is 3.66. The molecule has 0 spiro atoms. The third kappa shape index (κ3) is 7.56. The van der Waals surface area contributed by atoms with Gasteiger partial charge in [0.1, 0.15) is 0 Å². The van der Waals surface area contributed by atoms with Crippen LogP contribution in [0.5, 0.6) is 0 Å². The van der Waals surface area contributed by atoms with Gasteiger partial charge in [-0.3, -0.25) is 4.79 Å². The summed E-state index contributed by atoms with van der Waals surface area (Å²) in [5.41, 5.74) is 5.61. The number of esters is 1. The predicted molar refractivity (Wildman–Crippen MR) is 78.8 cm³/mol. The van der Waals surface area contributed by atoms with E-state index in [4.69, 9.17) is 10.5 Å². The number of hydrogen-bond donors (Lipinski definition) is 1. The molecule has 0 saturated heterocycles. The first-order chi connectivity index (χ1) is 9.26. The van der Waals surface area contributed by atoms with Gasteiger partial charge in [-0.1, -0.05) is 39.0 Å². The zero-order valence-electron chi connectivity index (χ0n) is 12.5. The summed E-state index contributed by atoms with van der Waals surface area (Å²) in [6.45, 7) is 3.56. The molecule has 112 valence electrons. The molecular weight excluding hydrogens is 238 g/mol. The molecule has 1 unspecified atom stereocenters. The van der Waals surface area contributed by atoms with Crippen LogP contribution in [0.25, 0.3) is 0 Å². The van der Waals surface area contributed by atoms with Gasteiger partial charge in [0.05, 0.1) is 6.61 Å². The van der Waals surface area contributed by atoms with Gasteiger partial charge in [-0.15, -0.1) is 0 Å². The number of ether oxygens (including phenoxy) is 1. The summed E-state index contributed by atoms with van der Waals surface area (Å²) in [5, 5.41) is 0. The molecule has 1 aliphatic carbocycles. The van der Waals surface area contributed by atoms with Crippen LogP contribution in [0.1, 0.15) is 71.1 Å². The van der Waals surface area contributed by atoms with Gasteiger partial charge in [-0.05, 0) is 44.1 Å². The summed E-state index contributed by atoms with van der Waals surface area (Å²) in [6, 6.07) is 0. The summed E-state index contributed by atoms with van der Waals surface area (Å²) < 4.78 is 5.42. The minimum atomic E-state index is -0.0105. The summed E-state index contributed by atoms with van der Waals surface area (Å²) in [4.78, 5) is 11.7. The van der Waals surface area contributed by atoms with E-state index < -0.39 is 0 Å². The van der Waals surface area contributed by atoms with Crippen molar-refractivity contribution in [3.8, 4) is 0 Å². The minimum Gasteiger partial charge on any atom is -0.465 e. The van der Waals surface area contributed by atoms with Gasteiger partial charge in [0, 0.05) is 6.42 Å². The SMILES string of the molecule is CCCC(CCN)CCC(=O)OCC1CCCCC1. The molecule has 0 aliphatic heterocycles. The molecule has 0 bridgehead atoms. The Balaban J connectivity index is 2.11. The smallest absolute Gasteiger partial charge is 0.305 e. The zero-order valence-corrected chi connectivity index (χ0v) is 12.5. The minimum absolute atomic E-state index is 0.0105. The highest BCUT2D eigenvalue weighted by atomic mass is 16.5. The van der Waals surface area contributed by atoms with Gasteiger partial charge >= 0.3 is 5.97 Å². The second kappa shape index (κ2) is 10.2. The average Bonchev–Trinajstić information content (AvgIpc) is 2.44. The maximum Gasteiger partial charge on any atom is 0.305 e. The van der Waals surface area contributed by atoms with E-state index in [2.05, 4.69) is 6.92 Å². The van der Waals surface area contributed by atoms with Crippen molar-refractivity contribution < 1.29 is 9.53 Å². The van der Waals surface area contributed by atoms with E-state index in [1.807, 2.05) is 0 Å². The molecule has 1 aliphatic rings. The highest BCUT2D eigenvalue weighted by Gasteiger charge is 2.16. The molecule has 1 saturated carbocycles. The Labute approximate surface area is 118 Å². The Morgan fingerprint density at radius 2 is 1.95 bits per heavy atom. The molecule has 0 heterocycles. The molecule has 0 aromatic heterocycles. The first-order valence-electron chi connectivity index (χ1n) is 8.12. The fraction of sp³-hybridized carbons (Fsp3) is 0.938. The second-order valence-electron chi connectivity index (χ2n) is 5.96. The standard InChI is InChI=1S/C16H31NO2/c1-2-6-14(11-12-17)9-10-16(18)19-13-15-7-4-3-5-8-15/h14-15H,2-13,17H2,1H3. The summed E-state index contributed by atoms with van der Waals surface area (Å²) in [5.74, 6) is 1.20. The lowest BCUT2D eigenvalue weighted by atomic mass is 9.90. The Morgan fingerprint density at radius 3 is 2.58 bits per heavy atom. The van der Waals surface area contributed by atoms with E-state index in [1.165, 1.54) is 44.9 Å². The molecule has 3 nitrogen and oxygen atoms in total. The number of carbonyl (C=O) groups is 1. The largest absolute Gasteiger partial charge is 0.465 e. The molecule has 0 amide bonds. The van der Waals surface area contributed by atoms with Crippen LogP contribution in [0, 0.1) is 11.8 Å². The van der Waals surface area contributed by atoms with E-state index in [0.29, 0.717) is 24.9 Å². The zero-order chi connectivity index (χ0) is 13.9. The third-order valence-electron chi connectivity index (χ3n) is 4.23. The third-order valence-corrected chi connectivity index (χ3v) is 4.23. The fourth-order valence-electron chi connectivity index (χ4n) is 3.04. The molecule has 2 N–H and O–H groups in total. The highest BCUT2D eigenvalue weighted by Crippen LogP contribution is 2.24. The van der Waals surface area contributed by atoms with Gasteiger partial charge in [-0.2, -0.15) is 0 Å². The Morgan fingerprint density at radius 1 is 1.21 bits per heavy atom. The lowest BCUT2D eigenvalue weighted by molar-refractivity contribution is -0.145. The van der Waals surface area contributed by atoms with Crippen LogP contribution in [0.3, 0.4) is 0 Å². The first-order valence-corrected chi connectivity index (χ1v) is 8.12. The molecule has 0 aromatic rings. The number of rotatable bonds is 9. The molecule has 0 radical (unpaired) electrons. The summed E-state index contributed by atoms with van der Waals surface area (Å²) >= 11 is 0. The fourth-order valence-corrected chi connectivity index (χ4v) is 3.04. The van der Waals surface area contributed by atoms with Crippen LogP contribution in [-0.4, -0.2) is 19.1 Å². The monoisotopic (exact) mass is 269 g/mol. The van der Waals surface area contributed by atoms with Gasteiger partial charge in [0.15, 0.2) is 0 Å². The van der Waals surface area contributed by atoms with Crippen molar-refractivity contribution >= 4 is 5.97 Å². The van der Waals surface area contributed by atoms with E-state index in [0.717, 1.165) is 19.4 Å². The van der Waals surface area contributed by atoms with Crippen molar-refractivity contribution in [2.45, 2.75) is 71.1 Å². The molecule has 19 heavy (non-hydrogen) atoms. The average molecular weight is 269 g/mol. The highest BCUT2D eigenvalue weighted by molar-refractivity contribution is 5.69. The van der Waals surface area contributed by atoms with E-state index in [-0.39, 0.29) is 5.97 Å². The first kappa shape index (κ1) is 16.5. The normalized spacial score (nSPS) is 18.2. The van der Waals surface area contributed by atoms with E-state index in [1.54, 1.807) is 0 Å². The van der Waals surface area contributed by atoms with Crippen LogP contribution in [-0.2, 0) is 9.53 Å². The van der Waals surface area contributed by atoms with E-state index >= 15 is 0 Å². The second-order valence-corrected chi connectivity index (χ2v) is 5.96. The van der Waals surface area contributed by atoms with Crippen molar-refractivity contribution in [1.82, 2.24) is 0 Å². The van der Waals surface area contributed by atoms with Crippen molar-refractivity contribution in [2.24, 2.45) is 17.6 Å². The number of nitrogens with two attached hydrogens (primary N) is 1. The molecule has 1 rings (SSSR count). The molecule has 0 aromatic carbocycles. The molecule has 3 heteroatoms. The topological polar surface area (TPSA) is 52.3 Å². The number of carbonyl (C=O) groups excluding carboxylic acids is 1. The van der Waals surface area contributed by atoms with Crippen molar-refractivity contribution in [3.63, 3.8) is 0 Å². The van der Waals surface area contributed by atoms with Gasteiger partial charge < -0.3 is 10.5 Å². The quantitative estimate of drug-likeness (QED) is 0.650. The Bertz CT molecular complexity index is 231.